The topological polar surface area (TPSA) is 38.8 Å². The standard InChI is InChI=1S/C26H25ClFNO3/c1-4-31-23-12-18-13-25(30)29(20-11-6-16(3)22(28)14-20)26(17-7-9-19(27)10-8-17)21(18)15-24(23)32-5-2/h6-12,14-15,26H,4-5,13H2,1-3H3. The number of hydrogen-bond donors (Lipinski definition) is 0. The summed E-state index contributed by atoms with van der Waals surface area (Å²) in [6.45, 7) is 6.49. The van der Waals surface area contributed by atoms with Crippen LogP contribution in [0.2, 0.25) is 5.02 Å². The monoisotopic (exact) mass is 453 g/mol. The van der Waals surface area contributed by atoms with Crippen molar-refractivity contribution in [3.8, 4) is 11.5 Å². The van der Waals surface area contributed by atoms with Crippen LogP contribution in [0.25, 0.3) is 0 Å². The molecule has 0 spiro atoms. The van der Waals surface area contributed by atoms with Gasteiger partial charge in [0.25, 0.3) is 0 Å². The highest BCUT2D eigenvalue weighted by Crippen LogP contribution is 2.43. The van der Waals surface area contributed by atoms with E-state index < -0.39 is 6.04 Å². The average molecular weight is 454 g/mol. The summed E-state index contributed by atoms with van der Waals surface area (Å²) in [7, 11) is 0. The van der Waals surface area contributed by atoms with E-state index in [9.17, 15) is 9.18 Å². The van der Waals surface area contributed by atoms with Gasteiger partial charge < -0.3 is 14.4 Å². The fraction of sp³-hybridized carbons (Fsp3) is 0.269. The van der Waals surface area contributed by atoms with Crippen molar-refractivity contribution in [2.24, 2.45) is 0 Å². The molecular weight excluding hydrogens is 429 g/mol. The summed E-state index contributed by atoms with van der Waals surface area (Å²) in [5.74, 6) is 0.770. The highest BCUT2D eigenvalue weighted by Gasteiger charge is 2.36. The highest BCUT2D eigenvalue weighted by molar-refractivity contribution is 6.30. The molecule has 1 aliphatic rings. The molecule has 3 aromatic carbocycles. The predicted molar refractivity (Wildman–Crippen MR) is 124 cm³/mol. The van der Waals surface area contributed by atoms with Gasteiger partial charge in [-0.1, -0.05) is 29.8 Å². The molecule has 1 amide bonds. The van der Waals surface area contributed by atoms with Crippen molar-refractivity contribution >= 4 is 23.2 Å². The third kappa shape index (κ3) is 4.17. The van der Waals surface area contributed by atoms with Gasteiger partial charge >= 0.3 is 0 Å². The Morgan fingerprint density at radius 1 is 1.00 bits per heavy atom. The normalized spacial score (nSPS) is 15.5. The Labute approximate surface area is 192 Å². The quantitative estimate of drug-likeness (QED) is 0.442. The lowest BCUT2D eigenvalue weighted by atomic mass is 9.86. The van der Waals surface area contributed by atoms with Crippen molar-refractivity contribution in [2.45, 2.75) is 33.2 Å². The number of amides is 1. The zero-order valence-electron chi connectivity index (χ0n) is 18.3. The average Bonchev–Trinajstić information content (AvgIpc) is 2.77. The van der Waals surface area contributed by atoms with Crippen LogP contribution in [0.3, 0.4) is 0 Å². The third-order valence-corrected chi connectivity index (χ3v) is 5.84. The lowest BCUT2D eigenvalue weighted by Crippen LogP contribution is -2.41. The molecule has 0 radical (unpaired) electrons. The Morgan fingerprint density at radius 3 is 2.28 bits per heavy atom. The van der Waals surface area contributed by atoms with Gasteiger partial charge in [-0.05, 0) is 79.4 Å². The predicted octanol–water partition coefficient (Wildman–Crippen LogP) is 6.26. The molecule has 1 heterocycles. The van der Waals surface area contributed by atoms with Gasteiger partial charge in [0.2, 0.25) is 5.91 Å². The molecule has 0 N–H and O–H groups in total. The molecule has 6 heteroatoms. The summed E-state index contributed by atoms with van der Waals surface area (Å²) in [5.41, 5.74) is 3.69. The highest BCUT2D eigenvalue weighted by atomic mass is 35.5. The van der Waals surface area contributed by atoms with E-state index in [4.69, 9.17) is 21.1 Å². The molecule has 1 atom stereocenters. The molecular formula is C26H25ClFNO3. The molecule has 4 nitrogen and oxygen atoms in total. The first kappa shape index (κ1) is 22.2. The third-order valence-electron chi connectivity index (χ3n) is 5.59. The minimum Gasteiger partial charge on any atom is -0.490 e. The van der Waals surface area contributed by atoms with Crippen molar-refractivity contribution in [3.05, 3.63) is 87.7 Å². The van der Waals surface area contributed by atoms with Crippen LogP contribution in [-0.2, 0) is 11.2 Å². The second-order valence-corrected chi connectivity index (χ2v) is 8.13. The Kier molecular flexibility index (Phi) is 6.38. The maximum atomic E-state index is 14.4. The van der Waals surface area contributed by atoms with Crippen LogP contribution in [0.5, 0.6) is 11.5 Å². The first-order chi connectivity index (χ1) is 15.4. The van der Waals surface area contributed by atoms with Crippen LogP contribution in [0, 0.1) is 12.7 Å². The SMILES string of the molecule is CCOc1cc2c(cc1OCC)C(c1ccc(Cl)cc1)N(c1ccc(C)c(F)c1)C(=O)C2. The van der Waals surface area contributed by atoms with Crippen molar-refractivity contribution < 1.29 is 18.7 Å². The summed E-state index contributed by atoms with van der Waals surface area (Å²) in [5, 5.41) is 0.603. The van der Waals surface area contributed by atoms with Crippen LogP contribution in [0.1, 0.15) is 42.1 Å². The number of aryl methyl sites for hydroxylation is 1. The van der Waals surface area contributed by atoms with Gasteiger partial charge in [-0.15, -0.1) is 0 Å². The van der Waals surface area contributed by atoms with Gasteiger partial charge in [0.05, 0.1) is 25.7 Å². The molecule has 0 aromatic heterocycles. The molecule has 0 saturated carbocycles. The molecule has 1 unspecified atom stereocenters. The number of hydrogen-bond acceptors (Lipinski definition) is 3. The summed E-state index contributed by atoms with van der Waals surface area (Å²) in [4.78, 5) is 15.0. The smallest absolute Gasteiger partial charge is 0.232 e. The fourth-order valence-electron chi connectivity index (χ4n) is 4.09. The van der Waals surface area contributed by atoms with E-state index in [-0.39, 0.29) is 18.1 Å². The zero-order valence-corrected chi connectivity index (χ0v) is 19.1. The largest absolute Gasteiger partial charge is 0.490 e. The van der Waals surface area contributed by atoms with Crippen LogP contribution < -0.4 is 14.4 Å². The molecule has 0 aliphatic carbocycles. The molecule has 0 bridgehead atoms. The molecule has 0 fully saturated rings. The Bertz CT molecular complexity index is 1150. The number of carbonyl (C=O) groups excluding carboxylic acids is 1. The number of ether oxygens (including phenoxy) is 2. The number of nitrogens with zero attached hydrogens (tertiary/aromatic N) is 1. The summed E-state index contributed by atoms with van der Waals surface area (Å²) in [6, 6.07) is 15.6. The number of rotatable bonds is 6. The lowest BCUT2D eigenvalue weighted by Gasteiger charge is -2.38. The van der Waals surface area contributed by atoms with Gasteiger partial charge in [-0.2, -0.15) is 0 Å². The van der Waals surface area contributed by atoms with E-state index in [0.29, 0.717) is 41.0 Å². The summed E-state index contributed by atoms with van der Waals surface area (Å²) < 4.78 is 26.1. The first-order valence-corrected chi connectivity index (χ1v) is 11.1. The molecule has 166 valence electrons. The van der Waals surface area contributed by atoms with Crippen molar-refractivity contribution in [1.82, 2.24) is 0 Å². The zero-order chi connectivity index (χ0) is 22.8. The van der Waals surface area contributed by atoms with Crippen LogP contribution >= 0.6 is 11.6 Å². The lowest BCUT2D eigenvalue weighted by molar-refractivity contribution is -0.118. The maximum Gasteiger partial charge on any atom is 0.232 e. The Morgan fingerprint density at radius 2 is 1.66 bits per heavy atom. The van der Waals surface area contributed by atoms with Crippen LogP contribution in [-0.4, -0.2) is 19.1 Å². The minimum absolute atomic E-state index is 0.118. The molecule has 4 rings (SSSR count). The van der Waals surface area contributed by atoms with E-state index in [1.807, 2.05) is 38.1 Å². The number of fused-ring (bicyclic) bond motifs is 1. The number of carbonyl (C=O) groups is 1. The molecule has 0 saturated heterocycles. The van der Waals surface area contributed by atoms with Gasteiger partial charge in [-0.3, -0.25) is 4.79 Å². The minimum atomic E-state index is -0.458. The second kappa shape index (κ2) is 9.21. The number of halogens is 2. The second-order valence-electron chi connectivity index (χ2n) is 7.69. The van der Waals surface area contributed by atoms with Crippen molar-refractivity contribution in [1.29, 1.82) is 0 Å². The van der Waals surface area contributed by atoms with Gasteiger partial charge in [-0.25, -0.2) is 4.39 Å². The molecule has 32 heavy (non-hydrogen) atoms. The number of anilines is 1. The summed E-state index contributed by atoms with van der Waals surface area (Å²) in [6.07, 6.45) is 0.182. The van der Waals surface area contributed by atoms with Crippen molar-refractivity contribution in [3.63, 3.8) is 0 Å². The van der Waals surface area contributed by atoms with E-state index in [2.05, 4.69) is 0 Å². The first-order valence-electron chi connectivity index (χ1n) is 10.7. The molecule has 1 aliphatic heterocycles. The van der Waals surface area contributed by atoms with Crippen molar-refractivity contribution in [2.75, 3.05) is 18.1 Å². The van der Waals surface area contributed by atoms with E-state index in [0.717, 1.165) is 16.7 Å². The molecule has 3 aromatic rings. The van der Waals surface area contributed by atoms with Gasteiger partial charge in [0.1, 0.15) is 5.82 Å². The maximum absolute atomic E-state index is 14.4. The van der Waals surface area contributed by atoms with Gasteiger partial charge in [0, 0.05) is 10.7 Å². The number of benzene rings is 3. The van der Waals surface area contributed by atoms with Crippen LogP contribution in [0.4, 0.5) is 10.1 Å². The van der Waals surface area contributed by atoms with Crippen LogP contribution in [0.15, 0.2) is 54.6 Å². The fourth-order valence-corrected chi connectivity index (χ4v) is 4.22. The van der Waals surface area contributed by atoms with E-state index >= 15 is 0 Å². The Hall–Kier alpha value is -3.05. The summed E-state index contributed by atoms with van der Waals surface area (Å²) >= 11 is 6.13. The van der Waals surface area contributed by atoms with E-state index in [1.54, 1.807) is 36.1 Å². The van der Waals surface area contributed by atoms with Gasteiger partial charge in [0.15, 0.2) is 11.5 Å². The van der Waals surface area contributed by atoms with E-state index in [1.165, 1.54) is 6.07 Å². The Balaban J connectivity index is 1.93.